The molecule has 0 spiro atoms. The van der Waals surface area contributed by atoms with Gasteiger partial charge in [-0.3, -0.25) is 9.78 Å². The average molecular weight is 215 g/mol. The van der Waals surface area contributed by atoms with E-state index in [0.29, 0.717) is 0 Å². The van der Waals surface area contributed by atoms with Crippen molar-refractivity contribution in [2.45, 2.75) is 39.0 Å². The highest BCUT2D eigenvalue weighted by molar-refractivity contribution is 6.08. The summed E-state index contributed by atoms with van der Waals surface area (Å²) in [7, 11) is 0. The Bertz CT molecular complexity index is 403. The van der Waals surface area contributed by atoms with Crippen LogP contribution in [-0.2, 0) is 0 Å². The topological polar surface area (TPSA) is 30.0 Å². The first-order valence-corrected chi connectivity index (χ1v) is 5.94. The molecule has 2 nitrogen and oxygen atoms in total. The van der Waals surface area contributed by atoms with Crippen molar-refractivity contribution in [1.82, 2.24) is 4.98 Å². The summed E-state index contributed by atoms with van der Waals surface area (Å²) in [6.45, 7) is 1.93. The second-order valence-corrected chi connectivity index (χ2v) is 4.35. The van der Waals surface area contributed by atoms with Gasteiger partial charge in [0.2, 0.25) is 0 Å². The predicted molar refractivity (Wildman–Crippen MR) is 64.5 cm³/mol. The van der Waals surface area contributed by atoms with E-state index < -0.39 is 0 Å². The molecule has 0 amide bonds. The van der Waals surface area contributed by atoms with Crippen molar-refractivity contribution in [3.63, 3.8) is 0 Å². The van der Waals surface area contributed by atoms with Crippen LogP contribution in [0.15, 0.2) is 30.0 Å². The predicted octanol–water partition coefficient (Wildman–Crippen LogP) is 3.46. The van der Waals surface area contributed by atoms with E-state index >= 15 is 0 Å². The van der Waals surface area contributed by atoms with Gasteiger partial charge in [-0.2, -0.15) is 0 Å². The van der Waals surface area contributed by atoms with Crippen LogP contribution in [0.1, 0.15) is 48.2 Å². The van der Waals surface area contributed by atoms with Gasteiger partial charge in [0.15, 0.2) is 5.78 Å². The van der Waals surface area contributed by atoms with E-state index in [1.54, 1.807) is 6.20 Å². The summed E-state index contributed by atoms with van der Waals surface area (Å²) >= 11 is 0. The lowest BCUT2D eigenvalue weighted by atomic mass is 10.0. The van der Waals surface area contributed by atoms with Gasteiger partial charge in [-0.05, 0) is 50.3 Å². The van der Waals surface area contributed by atoms with E-state index in [1.165, 1.54) is 12.8 Å². The first kappa shape index (κ1) is 11.1. The highest BCUT2D eigenvalue weighted by atomic mass is 16.1. The largest absolute Gasteiger partial charge is 0.289 e. The number of allylic oxidation sites excluding steroid dienone is 2. The average Bonchev–Trinajstić information content (AvgIpc) is 2.57. The molecule has 16 heavy (non-hydrogen) atoms. The van der Waals surface area contributed by atoms with Crippen LogP contribution in [0, 0.1) is 6.92 Å². The lowest BCUT2D eigenvalue weighted by Gasteiger charge is -2.04. The standard InChI is InChI=1S/C14H17NO/c1-11-8-9-13(10-15-11)14(16)12-6-4-2-3-5-7-12/h6,8-10H,2-5,7H2,1H3. The number of carbonyl (C=O) groups is 1. The number of aryl methyl sites for hydroxylation is 1. The minimum atomic E-state index is 0.161. The van der Waals surface area contributed by atoms with Crippen molar-refractivity contribution in [3.05, 3.63) is 41.2 Å². The quantitative estimate of drug-likeness (QED) is 0.707. The molecule has 0 unspecified atom stereocenters. The van der Waals surface area contributed by atoms with Crippen LogP contribution in [0.4, 0.5) is 0 Å². The molecule has 84 valence electrons. The zero-order chi connectivity index (χ0) is 11.4. The Balaban J connectivity index is 2.17. The molecule has 0 atom stereocenters. The first-order valence-electron chi connectivity index (χ1n) is 5.94. The normalized spacial score (nSPS) is 16.4. The van der Waals surface area contributed by atoms with Crippen LogP contribution in [0.25, 0.3) is 0 Å². The maximum Gasteiger partial charge on any atom is 0.190 e. The van der Waals surface area contributed by atoms with Gasteiger partial charge in [0.1, 0.15) is 0 Å². The number of hydrogen-bond donors (Lipinski definition) is 0. The van der Waals surface area contributed by atoms with Gasteiger partial charge in [0, 0.05) is 17.5 Å². The van der Waals surface area contributed by atoms with Gasteiger partial charge in [0.05, 0.1) is 0 Å². The summed E-state index contributed by atoms with van der Waals surface area (Å²) in [5.74, 6) is 0.161. The number of pyridine rings is 1. The number of Topliss-reactive ketones (excluding diaryl/α,β-unsaturated/α-hetero) is 1. The monoisotopic (exact) mass is 215 g/mol. The maximum absolute atomic E-state index is 12.2. The third-order valence-electron chi connectivity index (χ3n) is 3.01. The Hall–Kier alpha value is -1.44. The molecule has 0 aromatic carbocycles. The zero-order valence-electron chi connectivity index (χ0n) is 9.70. The van der Waals surface area contributed by atoms with Crippen molar-refractivity contribution >= 4 is 5.78 Å². The molecule has 0 saturated heterocycles. The second-order valence-electron chi connectivity index (χ2n) is 4.35. The number of ketones is 1. The van der Waals surface area contributed by atoms with Gasteiger partial charge in [-0.25, -0.2) is 0 Å². The summed E-state index contributed by atoms with van der Waals surface area (Å²) in [6.07, 6.45) is 9.34. The first-order chi connectivity index (χ1) is 7.77. The van der Waals surface area contributed by atoms with Crippen molar-refractivity contribution in [1.29, 1.82) is 0 Å². The summed E-state index contributed by atoms with van der Waals surface area (Å²) < 4.78 is 0. The summed E-state index contributed by atoms with van der Waals surface area (Å²) in [5.41, 5.74) is 2.65. The number of nitrogens with zero attached hydrogens (tertiary/aromatic N) is 1. The summed E-state index contributed by atoms with van der Waals surface area (Å²) in [4.78, 5) is 16.3. The molecule has 1 aromatic heterocycles. The fraction of sp³-hybridized carbons (Fsp3) is 0.429. The Morgan fingerprint density at radius 3 is 2.88 bits per heavy atom. The minimum absolute atomic E-state index is 0.161. The van der Waals surface area contributed by atoms with Crippen LogP contribution in [0.2, 0.25) is 0 Å². The minimum Gasteiger partial charge on any atom is -0.289 e. The van der Waals surface area contributed by atoms with Gasteiger partial charge in [-0.15, -0.1) is 0 Å². The molecule has 0 saturated carbocycles. The van der Waals surface area contributed by atoms with Gasteiger partial charge >= 0.3 is 0 Å². The molecular formula is C14H17NO. The van der Waals surface area contributed by atoms with Crippen LogP contribution in [0.3, 0.4) is 0 Å². The third-order valence-corrected chi connectivity index (χ3v) is 3.01. The molecule has 2 rings (SSSR count). The molecule has 1 aliphatic rings. The van der Waals surface area contributed by atoms with E-state index in [0.717, 1.165) is 36.1 Å². The number of carbonyl (C=O) groups excluding carboxylic acids is 1. The Kier molecular flexibility index (Phi) is 3.50. The molecule has 0 radical (unpaired) electrons. The molecule has 2 heteroatoms. The van der Waals surface area contributed by atoms with Crippen molar-refractivity contribution < 1.29 is 4.79 Å². The van der Waals surface area contributed by atoms with Crippen molar-refractivity contribution in [2.75, 3.05) is 0 Å². The number of aromatic nitrogens is 1. The van der Waals surface area contributed by atoms with E-state index in [9.17, 15) is 4.79 Å². The number of hydrogen-bond acceptors (Lipinski definition) is 2. The lowest BCUT2D eigenvalue weighted by molar-refractivity contribution is 0.103. The maximum atomic E-state index is 12.2. The Morgan fingerprint density at radius 2 is 2.12 bits per heavy atom. The lowest BCUT2D eigenvalue weighted by Crippen LogP contribution is -2.04. The van der Waals surface area contributed by atoms with E-state index in [2.05, 4.69) is 11.1 Å². The molecule has 1 aliphatic carbocycles. The summed E-state index contributed by atoms with van der Waals surface area (Å²) in [5, 5.41) is 0. The zero-order valence-corrected chi connectivity index (χ0v) is 9.70. The fourth-order valence-corrected chi connectivity index (χ4v) is 2.01. The van der Waals surface area contributed by atoms with Gasteiger partial charge in [-0.1, -0.05) is 12.5 Å². The number of rotatable bonds is 2. The fourth-order valence-electron chi connectivity index (χ4n) is 2.01. The van der Waals surface area contributed by atoms with Crippen molar-refractivity contribution in [2.24, 2.45) is 0 Å². The summed E-state index contributed by atoms with van der Waals surface area (Å²) in [6, 6.07) is 3.76. The van der Waals surface area contributed by atoms with Gasteiger partial charge < -0.3 is 0 Å². The van der Waals surface area contributed by atoms with Crippen LogP contribution in [-0.4, -0.2) is 10.8 Å². The third kappa shape index (κ3) is 2.57. The van der Waals surface area contributed by atoms with Crippen molar-refractivity contribution in [3.8, 4) is 0 Å². The molecule has 0 aliphatic heterocycles. The van der Waals surface area contributed by atoms with E-state index in [4.69, 9.17) is 0 Å². The van der Waals surface area contributed by atoms with Crippen LogP contribution >= 0.6 is 0 Å². The second kappa shape index (κ2) is 5.06. The Labute approximate surface area is 96.4 Å². The molecule has 0 bridgehead atoms. The molecular weight excluding hydrogens is 198 g/mol. The van der Waals surface area contributed by atoms with E-state index in [-0.39, 0.29) is 5.78 Å². The van der Waals surface area contributed by atoms with E-state index in [1.807, 2.05) is 19.1 Å². The highest BCUT2D eigenvalue weighted by Gasteiger charge is 2.13. The smallest absolute Gasteiger partial charge is 0.190 e. The van der Waals surface area contributed by atoms with Gasteiger partial charge in [0.25, 0.3) is 0 Å². The SMILES string of the molecule is Cc1ccc(C(=O)C2=CCCCCC2)cn1. The highest BCUT2D eigenvalue weighted by Crippen LogP contribution is 2.20. The molecule has 0 N–H and O–H groups in total. The molecule has 1 aromatic rings. The van der Waals surface area contributed by atoms with Crippen LogP contribution in [0.5, 0.6) is 0 Å². The Morgan fingerprint density at radius 1 is 1.25 bits per heavy atom. The van der Waals surface area contributed by atoms with Crippen LogP contribution < -0.4 is 0 Å². The molecule has 1 heterocycles. The molecule has 0 fully saturated rings.